The Labute approximate surface area is 158 Å². The van der Waals surface area contributed by atoms with E-state index in [1.54, 1.807) is 16.9 Å². The number of carboxylic acids is 1. The van der Waals surface area contributed by atoms with Gasteiger partial charge in [-0.2, -0.15) is 18.3 Å². The number of carbonyl (C=O) groups excluding carboxylic acids is 1. The monoisotopic (exact) mass is 396 g/mol. The van der Waals surface area contributed by atoms with E-state index in [-0.39, 0.29) is 6.54 Å². The number of para-hydroxylation sites is 1. The van der Waals surface area contributed by atoms with Gasteiger partial charge in [-0.1, -0.05) is 18.2 Å². The molecule has 0 unspecified atom stereocenters. The summed E-state index contributed by atoms with van der Waals surface area (Å²) in [6.07, 6.45) is -2.49. The van der Waals surface area contributed by atoms with E-state index in [0.717, 1.165) is 10.6 Å². The third-order valence-electron chi connectivity index (χ3n) is 4.67. The molecule has 2 atom stereocenters. The molecule has 0 saturated carbocycles. The zero-order valence-electron chi connectivity index (χ0n) is 14.8. The van der Waals surface area contributed by atoms with Crippen molar-refractivity contribution in [3.05, 3.63) is 48.3 Å². The summed E-state index contributed by atoms with van der Waals surface area (Å²) in [7, 11) is 0. The SMILES string of the molecule is O=C(O)[C@@H]1CN(C(=O)NCCc2ccn(-c3ccccc3)n2)C[C@H]1C(F)(F)F. The van der Waals surface area contributed by atoms with Gasteiger partial charge in [-0.25, -0.2) is 9.48 Å². The van der Waals surface area contributed by atoms with Crippen molar-refractivity contribution in [2.45, 2.75) is 12.6 Å². The number of alkyl halides is 3. The van der Waals surface area contributed by atoms with Gasteiger partial charge >= 0.3 is 18.2 Å². The van der Waals surface area contributed by atoms with Crippen molar-refractivity contribution in [3.63, 3.8) is 0 Å². The van der Waals surface area contributed by atoms with Gasteiger partial charge in [0, 0.05) is 32.3 Å². The molecule has 1 aliphatic heterocycles. The highest BCUT2D eigenvalue weighted by Crippen LogP contribution is 2.37. The van der Waals surface area contributed by atoms with Gasteiger partial charge in [-0.15, -0.1) is 0 Å². The van der Waals surface area contributed by atoms with E-state index in [0.29, 0.717) is 12.1 Å². The molecule has 2 N–H and O–H groups in total. The summed E-state index contributed by atoms with van der Waals surface area (Å²) in [4.78, 5) is 24.1. The van der Waals surface area contributed by atoms with Crippen LogP contribution in [0.4, 0.5) is 18.0 Å². The second-order valence-electron chi connectivity index (χ2n) is 6.57. The molecule has 0 aliphatic carbocycles. The van der Waals surface area contributed by atoms with Crippen LogP contribution in [0.5, 0.6) is 0 Å². The number of hydrogen-bond acceptors (Lipinski definition) is 3. The molecule has 0 bridgehead atoms. The number of carboxylic acid groups (broad SMARTS) is 1. The molecule has 1 aliphatic rings. The first-order chi connectivity index (χ1) is 13.3. The third kappa shape index (κ3) is 4.44. The summed E-state index contributed by atoms with van der Waals surface area (Å²) in [5.41, 5.74) is 1.59. The number of aromatic nitrogens is 2. The van der Waals surface area contributed by atoms with Crippen molar-refractivity contribution >= 4 is 12.0 Å². The number of nitrogens with one attached hydrogen (secondary N) is 1. The number of benzene rings is 1. The molecule has 2 heterocycles. The minimum atomic E-state index is -4.66. The highest BCUT2D eigenvalue weighted by atomic mass is 19.4. The number of nitrogens with zero attached hydrogens (tertiary/aromatic N) is 3. The van der Waals surface area contributed by atoms with E-state index in [1.807, 2.05) is 30.3 Å². The molecule has 2 amide bonds. The molecule has 1 fully saturated rings. The van der Waals surface area contributed by atoms with Crippen molar-refractivity contribution in [2.75, 3.05) is 19.6 Å². The second-order valence-corrected chi connectivity index (χ2v) is 6.57. The number of likely N-dealkylation sites (tertiary alicyclic amines) is 1. The Kier molecular flexibility index (Phi) is 5.57. The highest BCUT2D eigenvalue weighted by Gasteiger charge is 2.53. The predicted molar refractivity (Wildman–Crippen MR) is 92.9 cm³/mol. The van der Waals surface area contributed by atoms with E-state index in [9.17, 15) is 22.8 Å². The van der Waals surface area contributed by atoms with E-state index < -0.39 is 43.1 Å². The topological polar surface area (TPSA) is 87.5 Å². The van der Waals surface area contributed by atoms with Crippen LogP contribution in [0.25, 0.3) is 5.69 Å². The number of rotatable bonds is 5. The first-order valence-electron chi connectivity index (χ1n) is 8.68. The van der Waals surface area contributed by atoms with Crippen molar-refractivity contribution in [1.82, 2.24) is 20.0 Å². The average molecular weight is 396 g/mol. The van der Waals surface area contributed by atoms with Crippen molar-refractivity contribution in [1.29, 1.82) is 0 Å². The summed E-state index contributed by atoms with van der Waals surface area (Å²) in [5, 5.41) is 15.9. The number of halogens is 3. The molecule has 1 aromatic heterocycles. The fourth-order valence-corrected chi connectivity index (χ4v) is 3.18. The lowest BCUT2D eigenvalue weighted by molar-refractivity contribution is -0.187. The molecule has 1 saturated heterocycles. The van der Waals surface area contributed by atoms with Crippen LogP contribution in [0.15, 0.2) is 42.6 Å². The van der Waals surface area contributed by atoms with Crippen molar-refractivity contribution in [3.8, 4) is 5.69 Å². The van der Waals surface area contributed by atoms with E-state index >= 15 is 0 Å². The van der Waals surface area contributed by atoms with Crippen LogP contribution in [0.1, 0.15) is 5.69 Å². The summed E-state index contributed by atoms with van der Waals surface area (Å²) in [5.74, 6) is -5.26. The fourth-order valence-electron chi connectivity index (χ4n) is 3.18. The number of amides is 2. The van der Waals surface area contributed by atoms with Gasteiger partial charge in [0.15, 0.2) is 0 Å². The van der Waals surface area contributed by atoms with Gasteiger partial charge in [0.2, 0.25) is 0 Å². The molecule has 1 aromatic carbocycles. The molecule has 28 heavy (non-hydrogen) atoms. The molecular formula is C18H19F3N4O3. The summed E-state index contributed by atoms with van der Waals surface area (Å²) < 4.78 is 40.7. The Hall–Kier alpha value is -3.04. The van der Waals surface area contributed by atoms with Gasteiger partial charge in [-0.3, -0.25) is 4.79 Å². The van der Waals surface area contributed by atoms with Gasteiger partial charge < -0.3 is 15.3 Å². The van der Waals surface area contributed by atoms with Gasteiger partial charge in [0.25, 0.3) is 0 Å². The number of hydrogen-bond donors (Lipinski definition) is 2. The Morgan fingerprint density at radius 3 is 2.50 bits per heavy atom. The summed E-state index contributed by atoms with van der Waals surface area (Å²) in [6.45, 7) is -0.946. The first-order valence-corrected chi connectivity index (χ1v) is 8.68. The van der Waals surface area contributed by atoms with Crippen LogP contribution in [0.2, 0.25) is 0 Å². The van der Waals surface area contributed by atoms with Crippen LogP contribution >= 0.6 is 0 Å². The Bertz CT molecular complexity index is 838. The minimum absolute atomic E-state index is 0.176. The lowest BCUT2D eigenvalue weighted by atomic mass is 9.96. The average Bonchev–Trinajstić information content (AvgIpc) is 3.29. The van der Waals surface area contributed by atoms with Gasteiger partial charge in [0.05, 0.1) is 23.2 Å². The van der Waals surface area contributed by atoms with Crippen LogP contribution in [0, 0.1) is 11.8 Å². The summed E-state index contributed by atoms with van der Waals surface area (Å²) in [6, 6.07) is 10.5. The maximum absolute atomic E-state index is 13.0. The minimum Gasteiger partial charge on any atom is -0.481 e. The number of carbonyl (C=O) groups is 2. The van der Waals surface area contributed by atoms with Gasteiger partial charge in [-0.05, 0) is 18.2 Å². The van der Waals surface area contributed by atoms with Crippen LogP contribution < -0.4 is 5.32 Å². The maximum Gasteiger partial charge on any atom is 0.394 e. The van der Waals surface area contributed by atoms with E-state index in [1.165, 1.54) is 0 Å². The second kappa shape index (κ2) is 7.91. The summed E-state index contributed by atoms with van der Waals surface area (Å²) >= 11 is 0. The molecule has 3 rings (SSSR count). The quantitative estimate of drug-likeness (QED) is 0.812. The smallest absolute Gasteiger partial charge is 0.394 e. The Balaban J connectivity index is 1.52. The molecule has 150 valence electrons. The van der Waals surface area contributed by atoms with Crippen LogP contribution in [-0.2, 0) is 11.2 Å². The van der Waals surface area contributed by atoms with Crippen LogP contribution in [-0.4, -0.2) is 57.6 Å². The van der Waals surface area contributed by atoms with Crippen molar-refractivity contribution in [2.24, 2.45) is 11.8 Å². The largest absolute Gasteiger partial charge is 0.481 e. The van der Waals surface area contributed by atoms with Gasteiger partial charge in [0.1, 0.15) is 0 Å². The maximum atomic E-state index is 13.0. The molecule has 10 heteroatoms. The normalized spacial score (nSPS) is 19.6. The van der Waals surface area contributed by atoms with E-state index in [4.69, 9.17) is 5.11 Å². The van der Waals surface area contributed by atoms with Crippen molar-refractivity contribution < 1.29 is 27.9 Å². The molecule has 7 nitrogen and oxygen atoms in total. The third-order valence-corrected chi connectivity index (χ3v) is 4.67. The Morgan fingerprint density at radius 2 is 1.89 bits per heavy atom. The molecule has 0 spiro atoms. The molecular weight excluding hydrogens is 377 g/mol. The lowest BCUT2D eigenvalue weighted by Gasteiger charge is -2.18. The number of aliphatic carboxylic acids is 1. The first kappa shape index (κ1) is 19.7. The lowest BCUT2D eigenvalue weighted by Crippen LogP contribution is -2.40. The molecule has 0 radical (unpaired) electrons. The van der Waals surface area contributed by atoms with Crippen LogP contribution in [0.3, 0.4) is 0 Å². The Morgan fingerprint density at radius 1 is 1.18 bits per heavy atom. The fraction of sp³-hybridized carbons (Fsp3) is 0.389. The highest BCUT2D eigenvalue weighted by molar-refractivity contribution is 5.77. The molecule has 2 aromatic rings. The van der Waals surface area contributed by atoms with E-state index in [2.05, 4.69) is 10.4 Å². The zero-order valence-corrected chi connectivity index (χ0v) is 14.8. The zero-order chi connectivity index (χ0) is 20.3. The predicted octanol–water partition coefficient (Wildman–Crippen LogP) is 2.32. The number of urea groups is 1. The standard InChI is InChI=1S/C18H19F3N4O3/c19-18(20,21)15-11-24(10-14(15)16(26)27)17(28)22-8-6-12-7-9-25(23-12)13-4-2-1-3-5-13/h1-5,7,9,14-15H,6,8,10-11H2,(H,22,28)(H,26,27)/t14-,15-/m1/s1.